The molecule has 0 atom stereocenters. The van der Waals surface area contributed by atoms with E-state index >= 15 is 0 Å². The summed E-state index contributed by atoms with van der Waals surface area (Å²) >= 11 is 0. The fraction of sp³-hybridized carbons (Fsp3) is 0. The standard InChI is InChI=1S/C29H21N2O2P/c32-29-28(31-27(33-29)25-20-30-26-19-11-10-18-24(25)26)34(21-12-4-1-5-13-21,22-14-6-2-7-15-22)23-16-8-3-9-17-23/h1-20,30H. The minimum absolute atomic E-state index is 0.338. The second-order valence-electron chi connectivity index (χ2n) is 8.06. The van der Waals surface area contributed by atoms with E-state index in [-0.39, 0.29) is 0 Å². The molecule has 0 bridgehead atoms. The lowest BCUT2D eigenvalue weighted by molar-refractivity contribution is -0.127. The molecule has 0 aliphatic carbocycles. The van der Waals surface area contributed by atoms with Crippen LogP contribution < -0.4 is 15.9 Å². The average Bonchev–Trinajstić information content (AvgIpc) is 3.50. The first-order valence-electron chi connectivity index (χ1n) is 11.1. The number of rotatable bonds is 4. The van der Waals surface area contributed by atoms with Gasteiger partial charge in [-0.15, -0.1) is 0 Å². The molecule has 0 saturated heterocycles. The highest BCUT2D eigenvalue weighted by Gasteiger charge is 2.38. The van der Waals surface area contributed by atoms with Crippen LogP contribution in [0.25, 0.3) is 10.9 Å². The van der Waals surface area contributed by atoms with Gasteiger partial charge in [0.15, 0.2) is 5.42 Å². The molecule has 164 valence electrons. The van der Waals surface area contributed by atoms with E-state index in [1.807, 2.05) is 85.1 Å². The van der Waals surface area contributed by atoms with Crippen molar-refractivity contribution < 1.29 is 9.53 Å². The molecule has 1 aliphatic rings. The minimum Gasteiger partial charge on any atom is -0.402 e. The van der Waals surface area contributed by atoms with Gasteiger partial charge in [0.2, 0.25) is 5.90 Å². The molecule has 6 rings (SSSR count). The number of nitrogens with zero attached hydrogens (tertiary/aromatic N) is 1. The fourth-order valence-electron chi connectivity index (χ4n) is 4.64. The van der Waals surface area contributed by atoms with E-state index in [9.17, 15) is 4.79 Å². The Balaban J connectivity index is 1.74. The first-order valence-corrected chi connectivity index (χ1v) is 12.9. The Hall–Kier alpha value is -4.14. The molecule has 0 radical (unpaired) electrons. The molecule has 0 fully saturated rings. The van der Waals surface area contributed by atoms with Crippen molar-refractivity contribution in [3.8, 4) is 0 Å². The number of fused-ring (bicyclic) bond motifs is 1. The van der Waals surface area contributed by atoms with Gasteiger partial charge in [-0.1, -0.05) is 109 Å². The van der Waals surface area contributed by atoms with Gasteiger partial charge in [-0.05, 0) is 22.0 Å². The van der Waals surface area contributed by atoms with Crippen molar-refractivity contribution in [2.45, 2.75) is 0 Å². The Morgan fingerprint density at radius 3 is 1.71 bits per heavy atom. The summed E-state index contributed by atoms with van der Waals surface area (Å²) < 4.78 is 5.88. The molecule has 0 amide bonds. The largest absolute Gasteiger partial charge is 0.402 e. The van der Waals surface area contributed by atoms with Crippen LogP contribution in [0.2, 0.25) is 0 Å². The normalized spacial score (nSPS) is 13.7. The van der Waals surface area contributed by atoms with E-state index in [0.717, 1.165) is 32.4 Å². The van der Waals surface area contributed by atoms with E-state index in [2.05, 4.69) is 41.4 Å². The van der Waals surface area contributed by atoms with Gasteiger partial charge in [-0.25, -0.2) is 9.79 Å². The van der Waals surface area contributed by atoms with Gasteiger partial charge in [-0.2, -0.15) is 0 Å². The molecule has 4 aromatic carbocycles. The molecule has 5 heteroatoms. The number of esters is 1. The molecule has 2 heterocycles. The summed E-state index contributed by atoms with van der Waals surface area (Å²) in [6.45, 7) is -2.61. The average molecular weight is 460 g/mol. The number of aromatic amines is 1. The smallest absolute Gasteiger partial charge is 0.364 e. The zero-order chi connectivity index (χ0) is 23.0. The lowest BCUT2D eigenvalue weighted by Gasteiger charge is -2.28. The number of cyclic esters (lactones) is 1. The van der Waals surface area contributed by atoms with Crippen LogP contribution in [-0.2, 0) is 9.53 Å². The zero-order valence-corrected chi connectivity index (χ0v) is 19.2. The van der Waals surface area contributed by atoms with Gasteiger partial charge in [0.1, 0.15) is 0 Å². The Labute approximate surface area is 197 Å². The van der Waals surface area contributed by atoms with Crippen molar-refractivity contribution in [3.05, 3.63) is 127 Å². The van der Waals surface area contributed by atoms with E-state index in [1.165, 1.54) is 0 Å². The number of benzene rings is 4. The van der Waals surface area contributed by atoms with Gasteiger partial charge in [0.25, 0.3) is 0 Å². The predicted molar refractivity (Wildman–Crippen MR) is 141 cm³/mol. The molecule has 0 saturated carbocycles. The van der Waals surface area contributed by atoms with Crippen LogP contribution in [-0.4, -0.2) is 22.3 Å². The third kappa shape index (κ3) is 3.15. The first-order chi connectivity index (χ1) is 16.8. The van der Waals surface area contributed by atoms with Gasteiger partial charge >= 0.3 is 5.97 Å². The van der Waals surface area contributed by atoms with Crippen LogP contribution in [0.15, 0.2) is 126 Å². The van der Waals surface area contributed by atoms with Crippen LogP contribution in [0, 0.1) is 0 Å². The Bertz CT molecular complexity index is 1480. The molecule has 34 heavy (non-hydrogen) atoms. The Morgan fingerprint density at radius 2 is 1.15 bits per heavy atom. The van der Waals surface area contributed by atoms with Crippen molar-refractivity contribution in [3.63, 3.8) is 0 Å². The van der Waals surface area contributed by atoms with E-state index < -0.39 is 12.9 Å². The molecule has 4 nitrogen and oxygen atoms in total. The van der Waals surface area contributed by atoms with Crippen LogP contribution in [0.4, 0.5) is 0 Å². The minimum atomic E-state index is -2.61. The number of ether oxygens (including phenoxy) is 1. The molecule has 5 aromatic rings. The van der Waals surface area contributed by atoms with Crippen LogP contribution in [0.5, 0.6) is 0 Å². The van der Waals surface area contributed by atoms with Crippen molar-refractivity contribution >= 4 is 51.0 Å². The number of nitrogens with one attached hydrogen (secondary N) is 1. The molecule has 1 N–H and O–H groups in total. The number of H-pyrrole nitrogens is 1. The molecule has 0 unspecified atom stereocenters. The Kier molecular flexibility index (Phi) is 5.01. The summed E-state index contributed by atoms with van der Waals surface area (Å²) in [6.07, 6.45) is 1.85. The van der Waals surface area contributed by atoms with E-state index in [1.54, 1.807) is 0 Å². The topological polar surface area (TPSA) is 54.5 Å². The first kappa shape index (κ1) is 20.5. The van der Waals surface area contributed by atoms with Crippen LogP contribution in [0.1, 0.15) is 5.56 Å². The maximum Gasteiger partial charge on any atom is 0.364 e. The predicted octanol–water partition coefficient (Wildman–Crippen LogP) is 4.60. The third-order valence-electron chi connectivity index (χ3n) is 6.15. The molecule has 0 spiro atoms. The summed E-state index contributed by atoms with van der Waals surface area (Å²) in [5.41, 5.74) is 2.21. The van der Waals surface area contributed by atoms with Crippen molar-refractivity contribution in [1.82, 2.24) is 4.98 Å². The van der Waals surface area contributed by atoms with Gasteiger partial charge in [0, 0.05) is 24.0 Å². The van der Waals surface area contributed by atoms with Crippen molar-refractivity contribution in [2.24, 2.45) is 4.99 Å². The zero-order valence-electron chi connectivity index (χ0n) is 18.3. The second-order valence-corrected chi connectivity index (χ2v) is 11.4. The lowest BCUT2D eigenvalue weighted by atomic mass is 10.2. The number of carbonyl (C=O) groups is 1. The number of aromatic nitrogens is 1. The number of hydrogen-bond donors (Lipinski definition) is 1. The molecule has 1 aliphatic heterocycles. The van der Waals surface area contributed by atoms with Gasteiger partial charge in [-0.3, -0.25) is 0 Å². The van der Waals surface area contributed by atoms with Gasteiger partial charge in [0.05, 0.1) is 5.56 Å². The summed E-state index contributed by atoms with van der Waals surface area (Å²) in [5, 5.41) is 4.15. The highest BCUT2D eigenvalue weighted by Crippen LogP contribution is 2.47. The third-order valence-corrected chi connectivity index (χ3v) is 10.3. The van der Waals surface area contributed by atoms with Crippen LogP contribution in [0.3, 0.4) is 0 Å². The monoisotopic (exact) mass is 460 g/mol. The molecule has 1 aromatic heterocycles. The molecular formula is C29H21N2O2P. The van der Waals surface area contributed by atoms with Crippen molar-refractivity contribution in [1.29, 1.82) is 0 Å². The number of carbonyl (C=O) groups excluding carboxylic acids is 1. The summed E-state index contributed by atoms with van der Waals surface area (Å²) in [6, 6.07) is 38.6. The van der Waals surface area contributed by atoms with Gasteiger partial charge < -0.3 is 9.72 Å². The fourth-order valence-corrected chi connectivity index (χ4v) is 8.69. The highest BCUT2D eigenvalue weighted by atomic mass is 31.2. The summed E-state index contributed by atoms with van der Waals surface area (Å²) in [4.78, 5) is 21.8. The number of para-hydroxylation sites is 1. The number of hydrogen-bond acceptors (Lipinski definition) is 2. The highest BCUT2D eigenvalue weighted by molar-refractivity contribution is 7.96. The van der Waals surface area contributed by atoms with E-state index in [0.29, 0.717) is 11.3 Å². The number of aliphatic imine (C=N–C) groups is 1. The van der Waals surface area contributed by atoms with Crippen LogP contribution >= 0.6 is 6.89 Å². The quantitative estimate of drug-likeness (QED) is 0.315. The van der Waals surface area contributed by atoms with Crippen molar-refractivity contribution in [2.75, 3.05) is 0 Å². The summed E-state index contributed by atoms with van der Waals surface area (Å²) in [5.74, 6) is -0.0604. The Morgan fingerprint density at radius 1 is 0.647 bits per heavy atom. The SMILES string of the molecule is O=C1OC(c2c[nH]c3ccccc23)=NC1=P(c1ccccc1)(c1ccccc1)c1ccccc1. The maximum absolute atomic E-state index is 13.6. The lowest BCUT2D eigenvalue weighted by Crippen LogP contribution is -2.31. The summed E-state index contributed by atoms with van der Waals surface area (Å²) in [7, 11) is 0. The second kappa shape index (κ2) is 8.33. The van der Waals surface area contributed by atoms with E-state index in [4.69, 9.17) is 9.73 Å². The molecular weight excluding hydrogens is 439 g/mol. The maximum atomic E-state index is 13.6.